The summed E-state index contributed by atoms with van der Waals surface area (Å²) >= 11 is 3.40. The number of hydrogen-bond acceptors (Lipinski definition) is 3. The number of para-hydroxylation sites is 1. The van der Waals surface area contributed by atoms with Gasteiger partial charge >= 0.3 is 0 Å². The van der Waals surface area contributed by atoms with Crippen LogP contribution in [0.15, 0.2) is 28.7 Å². The van der Waals surface area contributed by atoms with Crippen LogP contribution in [0.2, 0.25) is 0 Å². The van der Waals surface area contributed by atoms with Gasteiger partial charge in [-0.1, -0.05) is 12.1 Å². The zero-order valence-corrected chi connectivity index (χ0v) is 12.4. The third-order valence-electron chi connectivity index (χ3n) is 3.12. The molecular formula is C14H19BrN2O2. The average molecular weight is 327 g/mol. The summed E-state index contributed by atoms with van der Waals surface area (Å²) in [6, 6.07) is 7.59. The Morgan fingerprint density at radius 3 is 3.00 bits per heavy atom. The molecule has 2 N–H and O–H groups in total. The molecule has 0 saturated carbocycles. The van der Waals surface area contributed by atoms with Crippen LogP contribution in [0.1, 0.15) is 12.8 Å². The molecular weight excluding hydrogens is 308 g/mol. The normalized spacial score (nSPS) is 19.1. The Balaban J connectivity index is 1.68. The van der Waals surface area contributed by atoms with E-state index in [4.69, 9.17) is 4.74 Å². The molecule has 1 unspecified atom stereocenters. The Hall–Kier alpha value is -0.910. The molecule has 0 bridgehead atoms. The molecule has 1 aromatic rings. The van der Waals surface area contributed by atoms with Crippen molar-refractivity contribution >= 4 is 27.5 Å². The van der Waals surface area contributed by atoms with Gasteiger partial charge in [-0.2, -0.15) is 0 Å². The van der Waals surface area contributed by atoms with Gasteiger partial charge in [0.25, 0.3) is 0 Å². The van der Waals surface area contributed by atoms with Gasteiger partial charge in [0.15, 0.2) is 0 Å². The van der Waals surface area contributed by atoms with Crippen molar-refractivity contribution in [3.8, 4) is 0 Å². The number of rotatable bonds is 5. The van der Waals surface area contributed by atoms with Crippen LogP contribution in [-0.2, 0) is 9.53 Å². The molecule has 1 aromatic carbocycles. The summed E-state index contributed by atoms with van der Waals surface area (Å²) in [5, 5.41) is 6.06. The highest BCUT2D eigenvalue weighted by Gasteiger charge is 2.13. The van der Waals surface area contributed by atoms with Gasteiger partial charge in [-0.3, -0.25) is 4.79 Å². The van der Waals surface area contributed by atoms with Gasteiger partial charge in [-0.05, 0) is 46.8 Å². The van der Waals surface area contributed by atoms with Crippen molar-refractivity contribution in [3.63, 3.8) is 0 Å². The smallest absolute Gasteiger partial charge is 0.238 e. The number of amides is 1. The highest BCUT2D eigenvalue weighted by atomic mass is 79.9. The minimum Gasteiger partial charge on any atom is -0.381 e. The minimum atomic E-state index is -0.0244. The Labute approximate surface area is 122 Å². The zero-order chi connectivity index (χ0) is 13.5. The maximum absolute atomic E-state index is 11.8. The van der Waals surface area contributed by atoms with Gasteiger partial charge in [0.2, 0.25) is 5.91 Å². The van der Waals surface area contributed by atoms with Gasteiger partial charge in [-0.15, -0.1) is 0 Å². The van der Waals surface area contributed by atoms with E-state index >= 15 is 0 Å². The second-order valence-corrected chi connectivity index (χ2v) is 5.60. The first kappa shape index (κ1) is 14.5. The number of carbonyl (C=O) groups is 1. The topological polar surface area (TPSA) is 50.4 Å². The first-order chi connectivity index (χ1) is 9.25. The molecule has 0 aromatic heterocycles. The largest absolute Gasteiger partial charge is 0.381 e. The van der Waals surface area contributed by atoms with E-state index in [9.17, 15) is 4.79 Å². The minimum absolute atomic E-state index is 0.0244. The maximum Gasteiger partial charge on any atom is 0.238 e. The van der Waals surface area contributed by atoms with E-state index in [2.05, 4.69) is 26.6 Å². The van der Waals surface area contributed by atoms with Crippen molar-refractivity contribution in [1.29, 1.82) is 0 Å². The highest BCUT2D eigenvalue weighted by molar-refractivity contribution is 9.10. The molecule has 0 aliphatic carbocycles. The van der Waals surface area contributed by atoms with Crippen LogP contribution >= 0.6 is 15.9 Å². The van der Waals surface area contributed by atoms with Gasteiger partial charge in [0.05, 0.1) is 18.8 Å². The van der Waals surface area contributed by atoms with Crippen LogP contribution in [0, 0.1) is 5.92 Å². The van der Waals surface area contributed by atoms with Crippen molar-refractivity contribution in [2.45, 2.75) is 12.8 Å². The number of halogens is 1. The summed E-state index contributed by atoms with van der Waals surface area (Å²) in [5.41, 5.74) is 0.801. The van der Waals surface area contributed by atoms with E-state index < -0.39 is 0 Å². The van der Waals surface area contributed by atoms with E-state index in [0.29, 0.717) is 12.5 Å². The molecule has 2 rings (SSSR count). The van der Waals surface area contributed by atoms with Crippen LogP contribution in [-0.4, -0.2) is 32.2 Å². The average Bonchev–Trinajstić information content (AvgIpc) is 2.43. The van der Waals surface area contributed by atoms with Gasteiger partial charge in [0, 0.05) is 17.6 Å². The van der Waals surface area contributed by atoms with Crippen molar-refractivity contribution in [1.82, 2.24) is 5.32 Å². The lowest BCUT2D eigenvalue weighted by atomic mass is 10.0. The summed E-state index contributed by atoms with van der Waals surface area (Å²) in [4.78, 5) is 11.8. The van der Waals surface area contributed by atoms with Gasteiger partial charge in [0.1, 0.15) is 0 Å². The number of hydrogen-bond donors (Lipinski definition) is 2. The van der Waals surface area contributed by atoms with Crippen LogP contribution < -0.4 is 10.6 Å². The molecule has 0 spiro atoms. The Bertz CT molecular complexity index is 420. The Morgan fingerprint density at radius 2 is 2.26 bits per heavy atom. The quantitative estimate of drug-likeness (QED) is 0.873. The fourth-order valence-electron chi connectivity index (χ4n) is 2.12. The van der Waals surface area contributed by atoms with Crippen LogP contribution in [0.5, 0.6) is 0 Å². The molecule has 1 amide bonds. The lowest BCUT2D eigenvalue weighted by Gasteiger charge is -2.22. The fourth-order valence-corrected chi connectivity index (χ4v) is 2.50. The summed E-state index contributed by atoms with van der Waals surface area (Å²) < 4.78 is 6.30. The third kappa shape index (κ3) is 4.93. The molecule has 5 heteroatoms. The Kier molecular flexibility index (Phi) is 5.82. The van der Waals surface area contributed by atoms with Gasteiger partial charge < -0.3 is 15.4 Å². The SMILES string of the molecule is O=C(CNCC1CCCOC1)Nc1ccccc1Br. The molecule has 1 aliphatic heterocycles. The number of carbonyl (C=O) groups excluding carboxylic acids is 1. The van der Waals surface area contributed by atoms with Gasteiger partial charge in [-0.25, -0.2) is 0 Å². The van der Waals surface area contributed by atoms with Crippen molar-refractivity contribution in [2.24, 2.45) is 5.92 Å². The molecule has 104 valence electrons. The molecule has 0 radical (unpaired) electrons. The lowest BCUT2D eigenvalue weighted by molar-refractivity contribution is -0.115. The number of benzene rings is 1. The summed E-state index contributed by atoms with van der Waals surface area (Å²) in [7, 11) is 0. The monoisotopic (exact) mass is 326 g/mol. The maximum atomic E-state index is 11.8. The lowest BCUT2D eigenvalue weighted by Crippen LogP contribution is -2.34. The molecule has 1 heterocycles. The predicted octanol–water partition coefficient (Wildman–Crippen LogP) is 2.40. The van der Waals surface area contributed by atoms with E-state index in [-0.39, 0.29) is 5.91 Å². The third-order valence-corrected chi connectivity index (χ3v) is 3.81. The van der Waals surface area contributed by atoms with Crippen LogP contribution in [0.25, 0.3) is 0 Å². The van der Waals surface area contributed by atoms with Crippen molar-refractivity contribution in [3.05, 3.63) is 28.7 Å². The zero-order valence-electron chi connectivity index (χ0n) is 10.8. The summed E-state index contributed by atoms with van der Waals surface area (Å²) in [6.45, 7) is 2.85. The molecule has 1 fully saturated rings. The summed E-state index contributed by atoms with van der Waals surface area (Å²) in [6.07, 6.45) is 2.30. The van der Waals surface area contributed by atoms with E-state index in [0.717, 1.165) is 36.3 Å². The molecule has 1 atom stereocenters. The first-order valence-electron chi connectivity index (χ1n) is 6.58. The second-order valence-electron chi connectivity index (χ2n) is 4.74. The van der Waals surface area contributed by atoms with Crippen molar-refractivity contribution < 1.29 is 9.53 Å². The first-order valence-corrected chi connectivity index (χ1v) is 7.38. The van der Waals surface area contributed by atoms with E-state index in [1.54, 1.807) is 0 Å². The number of nitrogens with one attached hydrogen (secondary N) is 2. The molecule has 19 heavy (non-hydrogen) atoms. The molecule has 1 aliphatic rings. The van der Waals surface area contributed by atoms with E-state index in [1.165, 1.54) is 6.42 Å². The number of ether oxygens (including phenoxy) is 1. The second kappa shape index (κ2) is 7.62. The highest BCUT2D eigenvalue weighted by Crippen LogP contribution is 2.20. The Morgan fingerprint density at radius 1 is 1.42 bits per heavy atom. The van der Waals surface area contributed by atoms with Crippen molar-refractivity contribution in [2.75, 3.05) is 31.6 Å². The predicted molar refractivity (Wildman–Crippen MR) is 79.2 cm³/mol. The standard InChI is InChI=1S/C14H19BrN2O2/c15-12-5-1-2-6-13(12)17-14(18)9-16-8-11-4-3-7-19-10-11/h1-2,5-6,11,16H,3-4,7-10H2,(H,17,18). The van der Waals surface area contributed by atoms with Crippen LogP contribution in [0.4, 0.5) is 5.69 Å². The van der Waals surface area contributed by atoms with Crippen LogP contribution in [0.3, 0.4) is 0 Å². The summed E-state index contributed by atoms with van der Waals surface area (Å²) in [5.74, 6) is 0.508. The van der Waals surface area contributed by atoms with E-state index in [1.807, 2.05) is 24.3 Å². The number of anilines is 1. The fraction of sp³-hybridized carbons (Fsp3) is 0.500. The molecule has 4 nitrogen and oxygen atoms in total. The molecule has 1 saturated heterocycles.